The quantitative estimate of drug-likeness (QED) is 0.111. The third-order valence-electron chi connectivity index (χ3n) is 7.69. The Morgan fingerprint density at radius 2 is 1.92 bits per heavy atom. The molecule has 4 aromatic rings. The number of benzene rings is 2. The van der Waals surface area contributed by atoms with Gasteiger partial charge in [-0.2, -0.15) is 4.68 Å². The van der Waals surface area contributed by atoms with Gasteiger partial charge in [0.15, 0.2) is 0 Å². The van der Waals surface area contributed by atoms with E-state index in [9.17, 15) is 14.4 Å². The van der Waals surface area contributed by atoms with Gasteiger partial charge in [0.05, 0.1) is 30.6 Å². The van der Waals surface area contributed by atoms with Crippen molar-refractivity contribution in [1.82, 2.24) is 30.5 Å². The van der Waals surface area contributed by atoms with E-state index >= 15 is 0 Å². The molecular weight excluding hydrogens is 652 g/mol. The maximum atomic E-state index is 13.3. The van der Waals surface area contributed by atoms with Crippen molar-refractivity contribution in [3.8, 4) is 16.8 Å². The summed E-state index contributed by atoms with van der Waals surface area (Å²) in [5.74, 6) is -0.707. The lowest BCUT2D eigenvalue weighted by atomic mass is 9.96. The number of carbonyl (C=O) groups excluding carboxylic acids is 3. The summed E-state index contributed by atoms with van der Waals surface area (Å²) in [6.07, 6.45) is 8.01. The van der Waals surface area contributed by atoms with Crippen molar-refractivity contribution in [2.45, 2.75) is 44.7 Å². The minimum Gasteiger partial charge on any atom is -0.464 e. The number of pyridine rings is 1. The summed E-state index contributed by atoms with van der Waals surface area (Å²) >= 11 is 6.25. The van der Waals surface area contributed by atoms with Crippen LogP contribution >= 0.6 is 11.6 Å². The van der Waals surface area contributed by atoms with E-state index in [-0.39, 0.29) is 31.7 Å². The lowest BCUT2D eigenvalue weighted by molar-refractivity contribution is -0.144. The van der Waals surface area contributed by atoms with Gasteiger partial charge in [-0.15, -0.1) is 5.10 Å². The lowest BCUT2D eigenvalue weighted by Gasteiger charge is -2.24. The topological polar surface area (TPSA) is 171 Å². The van der Waals surface area contributed by atoms with Crippen LogP contribution in [0.2, 0.25) is 5.02 Å². The zero-order valence-electron chi connectivity index (χ0n) is 27.1. The Labute approximate surface area is 288 Å². The molecule has 3 N–H and O–H groups in total. The number of nitrogens with one attached hydrogen (secondary N) is 3. The summed E-state index contributed by atoms with van der Waals surface area (Å²) in [5, 5.41) is 21.0. The Morgan fingerprint density at radius 1 is 1.06 bits per heavy atom. The normalized spacial score (nSPS) is 16.0. The minimum absolute atomic E-state index is 0.103. The van der Waals surface area contributed by atoms with E-state index in [1.165, 1.54) is 24.2 Å². The van der Waals surface area contributed by atoms with Gasteiger partial charge < -0.3 is 24.8 Å². The van der Waals surface area contributed by atoms with Gasteiger partial charge in [0, 0.05) is 46.9 Å². The molecule has 0 saturated heterocycles. The number of ether oxygens (including phenoxy) is 3. The summed E-state index contributed by atoms with van der Waals surface area (Å²) < 4.78 is 17.0. The Morgan fingerprint density at radius 3 is 2.71 bits per heavy atom. The second-order valence-corrected chi connectivity index (χ2v) is 11.5. The number of rotatable bonds is 10. The SMILES string of the molecule is CCOC(=O)[C@H]1CCCC[C@H](NC(=O)/C=C/c2cc(Cl)ccc2-n2cnnn2)c2cc(ccn2)-c2ccc(NC(=O)OCCOC)cc2N1. The van der Waals surface area contributed by atoms with Crippen molar-refractivity contribution >= 4 is 47.0 Å². The molecule has 0 fully saturated rings. The number of methoxy groups -OCH3 is 1. The third kappa shape index (κ3) is 9.61. The molecule has 3 heterocycles. The highest BCUT2D eigenvalue weighted by molar-refractivity contribution is 6.30. The molecule has 49 heavy (non-hydrogen) atoms. The standard InChI is InChI=1S/C34H37ClN8O6/c1-3-48-33(45)28-7-5-4-6-27(40-32(44)13-8-23-18-24(35)9-12-31(23)43-21-37-41-42-43)30-19-22(14-15-36-30)26-11-10-25(20-29(26)39-28)38-34(46)49-17-16-47-2/h8-15,18-21,27-28,39H,3-7,16-17H2,1-2H3,(H,38,46)(H,40,44)/b13-8+/t27-,28+/m0/s1. The predicted octanol–water partition coefficient (Wildman–Crippen LogP) is 5.36. The van der Waals surface area contributed by atoms with Crippen LogP contribution in [0.15, 0.2) is 67.1 Å². The first kappa shape index (κ1) is 35.0. The summed E-state index contributed by atoms with van der Waals surface area (Å²) in [6, 6.07) is 13.2. The number of halogens is 1. The van der Waals surface area contributed by atoms with Gasteiger partial charge in [-0.3, -0.25) is 15.1 Å². The Balaban J connectivity index is 1.42. The number of fused-ring (bicyclic) bond motifs is 4. The number of hydrogen-bond donors (Lipinski definition) is 3. The van der Waals surface area contributed by atoms with E-state index < -0.39 is 18.2 Å². The van der Waals surface area contributed by atoms with Crippen LogP contribution < -0.4 is 16.0 Å². The van der Waals surface area contributed by atoms with E-state index in [0.29, 0.717) is 59.0 Å². The highest BCUT2D eigenvalue weighted by Gasteiger charge is 2.24. The Kier molecular flexibility index (Phi) is 12.3. The fraction of sp³-hybridized carbons (Fsp3) is 0.324. The number of hydrogen-bond acceptors (Lipinski definition) is 11. The summed E-state index contributed by atoms with van der Waals surface area (Å²) in [5.41, 5.74) is 4.62. The zero-order chi connectivity index (χ0) is 34.6. The first-order valence-electron chi connectivity index (χ1n) is 15.8. The van der Waals surface area contributed by atoms with Crippen LogP contribution in [-0.2, 0) is 23.8 Å². The number of amides is 2. The van der Waals surface area contributed by atoms with Crippen molar-refractivity contribution in [2.75, 3.05) is 37.6 Å². The molecule has 256 valence electrons. The van der Waals surface area contributed by atoms with Crippen LogP contribution in [0, 0.1) is 0 Å². The predicted molar refractivity (Wildman–Crippen MR) is 183 cm³/mol. The van der Waals surface area contributed by atoms with Crippen molar-refractivity contribution in [2.24, 2.45) is 0 Å². The van der Waals surface area contributed by atoms with Crippen molar-refractivity contribution in [3.05, 3.63) is 83.4 Å². The smallest absolute Gasteiger partial charge is 0.411 e. The molecule has 0 saturated carbocycles. The fourth-order valence-electron chi connectivity index (χ4n) is 5.37. The van der Waals surface area contributed by atoms with E-state index in [1.807, 2.05) is 18.2 Å². The molecule has 2 aromatic heterocycles. The molecule has 2 bridgehead atoms. The first-order valence-corrected chi connectivity index (χ1v) is 16.2. The molecule has 2 amide bonds. The van der Waals surface area contributed by atoms with Crippen molar-refractivity contribution in [1.29, 1.82) is 0 Å². The first-order chi connectivity index (χ1) is 23.8. The molecular formula is C34H37ClN8O6. The molecule has 2 aromatic carbocycles. The maximum absolute atomic E-state index is 13.3. The number of nitrogens with zero attached hydrogens (tertiary/aromatic N) is 5. The molecule has 1 aliphatic heterocycles. The highest BCUT2D eigenvalue weighted by atomic mass is 35.5. The summed E-state index contributed by atoms with van der Waals surface area (Å²) in [7, 11) is 1.52. The second-order valence-electron chi connectivity index (χ2n) is 11.1. The number of aromatic nitrogens is 5. The molecule has 2 atom stereocenters. The molecule has 0 spiro atoms. The molecule has 14 nitrogen and oxygen atoms in total. The Bertz CT molecular complexity index is 1780. The molecule has 0 aliphatic carbocycles. The van der Waals surface area contributed by atoms with Crippen LogP contribution in [0.5, 0.6) is 0 Å². The van der Waals surface area contributed by atoms with Gasteiger partial charge >= 0.3 is 12.1 Å². The number of anilines is 2. The van der Waals surface area contributed by atoms with E-state index in [2.05, 4.69) is 36.5 Å². The average molecular weight is 689 g/mol. The second kappa shape index (κ2) is 17.2. The number of esters is 1. The van der Waals surface area contributed by atoms with Crippen molar-refractivity contribution in [3.63, 3.8) is 0 Å². The van der Waals surface area contributed by atoms with E-state index in [1.54, 1.807) is 49.5 Å². The summed E-state index contributed by atoms with van der Waals surface area (Å²) in [6.45, 7) is 2.37. The number of carbonyl (C=O) groups is 3. The van der Waals surface area contributed by atoms with E-state index in [4.69, 9.17) is 25.8 Å². The largest absolute Gasteiger partial charge is 0.464 e. The van der Waals surface area contributed by atoms with Gasteiger partial charge in [-0.25, -0.2) is 9.59 Å². The van der Waals surface area contributed by atoms with Gasteiger partial charge in [0.2, 0.25) is 5.91 Å². The molecule has 15 heteroatoms. The van der Waals surface area contributed by atoms with Gasteiger partial charge in [0.25, 0.3) is 0 Å². The van der Waals surface area contributed by atoms with Crippen LogP contribution in [0.4, 0.5) is 16.2 Å². The number of tetrazole rings is 1. The average Bonchev–Trinajstić information content (AvgIpc) is 3.63. The molecule has 0 unspecified atom stereocenters. The molecule has 5 rings (SSSR count). The Hall–Kier alpha value is -5.34. The van der Waals surface area contributed by atoms with Crippen LogP contribution in [0.3, 0.4) is 0 Å². The molecule has 1 aliphatic rings. The van der Waals surface area contributed by atoms with Gasteiger partial charge in [-0.1, -0.05) is 30.5 Å². The van der Waals surface area contributed by atoms with Crippen molar-refractivity contribution < 1.29 is 28.6 Å². The van der Waals surface area contributed by atoms with Crippen LogP contribution in [-0.4, -0.2) is 76.1 Å². The molecule has 0 radical (unpaired) electrons. The highest BCUT2D eigenvalue weighted by Crippen LogP contribution is 2.34. The third-order valence-corrected chi connectivity index (χ3v) is 7.92. The zero-order valence-corrected chi connectivity index (χ0v) is 27.9. The lowest BCUT2D eigenvalue weighted by Crippen LogP contribution is -2.32. The monoisotopic (exact) mass is 688 g/mol. The summed E-state index contributed by atoms with van der Waals surface area (Å²) in [4.78, 5) is 43.4. The minimum atomic E-state index is -0.647. The fourth-order valence-corrected chi connectivity index (χ4v) is 5.55. The van der Waals surface area contributed by atoms with E-state index in [0.717, 1.165) is 11.1 Å². The van der Waals surface area contributed by atoms with Gasteiger partial charge in [0.1, 0.15) is 19.0 Å². The maximum Gasteiger partial charge on any atom is 0.411 e. The van der Waals surface area contributed by atoms with Crippen LogP contribution in [0.1, 0.15) is 49.9 Å². The van der Waals surface area contributed by atoms with Crippen LogP contribution in [0.25, 0.3) is 22.9 Å². The van der Waals surface area contributed by atoms with Gasteiger partial charge in [-0.05, 0) is 84.3 Å².